The van der Waals surface area contributed by atoms with Gasteiger partial charge in [-0.3, -0.25) is 14.5 Å². The Morgan fingerprint density at radius 2 is 1.45 bits per heavy atom. The van der Waals surface area contributed by atoms with Gasteiger partial charge in [-0.1, -0.05) is 67.1 Å². The van der Waals surface area contributed by atoms with Crippen LogP contribution >= 0.6 is 0 Å². The molecule has 4 unspecified atom stereocenters. The minimum atomic E-state index is -0.429. The summed E-state index contributed by atoms with van der Waals surface area (Å²) >= 11 is 0. The molecule has 1 aliphatic heterocycles. The smallest absolute Gasteiger partial charge is 0.311 e. The van der Waals surface area contributed by atoms with E-state index in [1.165, 1.54) is 36.8 Å². The van der Waals surface area contributed by atoms with Gasteiger partial charge in [-0.2, -0.15) is 0 Å². The molecular formula is C28H35N3O2. The Balaban J connectivity index is 1.20. The maximum Gasteiger partial charge on any atom is 0.311 e. The molecule has 0 spiro atoms. The first-order valence-electron chi connectivity index (χ1n) is 12.5. The topological polar surface area (TPSA) is 52.7 Å². The SMILES string of the molecule is CC(NC(=O)C(=O)N1CCN(C(c2ccccc2)c2ccccc2)CC1)C1CC2CCC1C2. The predicted octanol–water partition coefficient (Wildman–Crippen LogP) is 3.86. The van der Waals surface area contributed by atoms with Crippen LogP contribution in [0.4, 0.5) is 0 Å². The number of carbonyl (C=O) groups excluding carboxylic acids is 2. The highest BCUT2D eigenvalue weighted by atomic mass is 16.2. The van der Waals surface area contributed by atoms with Gasteiger partial charge >= 0.3 is 11.8 Å². The van der Waals surface area contributed by atoms with E-state index in [9.17, 15) is 9.59 Å². The fourth-order valence-electron chi connectivity index (χ4n) is 6.49. The minimum Gasteiger partial charge on any atom is -0.345 e. The number of fused-ring (bicyclic) bond motifs is 2. The van der Waals surface area contributed by atoms with E-state index in [0.29, 0.717) is 19.0 Å². The number of amides is 2. The third-order valence-corrected chi connectivity index (χ3v) is 8.19. The normalized spacial score (nSPS) is 25.9. The minimum absolute atomic E-state index is 0.0820. The number of nitrogens with zero attached hydrogens (tertiary/aromatic N) is 2. The summed E-state index contributed by atoms with van der Waals surface area (Å²) in [4.78, 5) is 29.8. The summed E-state index contributed by atoms with van der Waals surface area (Å²) in [5.74, 6) is 1.30. The Hall–Kier alpha value is -2.66. The molecule has 33 heavy (non-hydrogen) atoms. The third-order valence-electron chi connectivity index (χ3n) is 8.19. The number of benzene rings is 2. The van der Waals surface area contributed by atoms with Gasteiger partial charge in [-0.25, -0.2) is 0 Å². The molecule has 3 fully saturated rings. The van der Waals surface area contributed by atoms with Crippen LogP contribution in [0, 0.1) is 17.8 Å². The van der Waals surface area contributed by atoms with Gasteiger partial charge in [0, 0.05) is 32.2 Å². The molecule has 2 aromatic carbocycles. The molecule has 1 N–H and O–H groups in total. The zero-order valence-corrected chi connectivity index (χ0v) is 19.5. The van der Waals surface area contributed by atoms with Crippen LogP contribution < -0.4 is 5.32 Å². The monoisotopic (exact) mass is 445 g/mol. The second-order valence-corrected chi connectivity index (χ2v) is 10.2. The molecule has 5 heteroatoms. The standard InChI is InChI=1S/C28H35N3O2/c1-20(25-19-21-12-13-24(25)18-21)29-27(32)28(33)31-16-14-30(15-17-31)26(22-8-4-2-5-9-22)23-10-6-3-7-11-23/h2-11,20-21,24-26H,12-19H2,1H3,(H,29,32). The summed E-state index contributed by atoms with van der Waals surface area (Å²) in [6.07, 6.45) is 5.15. The molecular weight excluding hydrogens is 410 g/mol. The van der Waals surface area contributed by atoms with Crippen LogP contribution in [0.25, 0.3) is 0 Å². The quantitative estimate of drug-likeness (QED) is 0.711. The van der Waals surface area contributed by atoms with Crippen LogP contribution in [0.5, 0.6) is 0 Å². The number of hydrogen-bond acceptors (Lipinski definition) is 3. The van der Waals surface area contributed by atoms with E-state index in [0.717, 1.165) is 24.9 Å². The molecule has 2 aliphatic carbocycles. The van der Waals surface area contributed by atoms with Crippen molar-refractivity contribution in [3.63, 3.8) is 0 Å². The predicted molar refractivity (Wildman–Crippen MR) is 129 cm³/mol. The summed E-state index contributed by atoms with van der Waals surface area (Å²) in [6.45, 7) is 4.72. The van der Waals surface area contributed by atoms with Crippen LogP contribution in [-0.2, 0) is 9.59 Å². The molecule has 2 aromatic rings. The fraction of sp³-hybridized carbons (Fsp3) is 0.500. The van der Waals surface area contributed by atoms with Crippen molar-refractivity contribution in [3.05, 3.63) is 71.8 Å². The van der Waals surface area contributed by atoms with Crippen LogP contribution in [0.15, 0.2) is 60.7 Å². The van der Waals surface area contributed by atoms with Gasteiger partial charge in [0.15, 0.2) is 0 Å². The van der Waals surface area contributed by atoms with Crippen LogP contribution in [-0.4, -0.2) is 53.8 Å². The average Bonchev–Trinajstić information content (AvgIpc) is 3.50. The maximum absolute atomic E-state index is 12.9. The Bertz CT molecular complexity index is 916. The lowest BCUT2D eigenvalue weighted by Crippen LogP contribution is -2.54. The Morgan fingerprint density at radius 1 is 0.848 bits per heavy atom. The van der Waals surface area contributed by atoms with E-state index >= 15 is 0 Å². The van der Waals surface area contributed by atoms with Gasteiger partial charge in [-0.05, 0) is 55.1 Å². The molecule has 1 heterocycles. The summed E-state index contributed by atoms with van der Waals surface area (Å²) in [6, 6.07) is 21.3. The molecule has 5 nitrogen and oxygen atoms in total. The lowest BCUT2D eigenvalue weighted by atomic mass is 9.84. The van der Waals surface area contributed by atoms with Crippen LogP contribution in [0.3, 0.4) is 0 Å². The van der Waals surface area contributed by atoms with Crippen molar-refractivity contribution in [2.24, 2.45) is 17.8 Å². The van der Waals surface area contributed by atoms with E-state index < -0.39 is 5.91 Å². The van der Waals surface area contributed by atoms with Crippen molar-refractivity contribution in [1.29, 1.82) is 0 Å². The van der Waals surface area contributed by atoms with Crippen molar-refractivity contribution in [3.8, 4) is 0 Å². The van der Waals surface area contributed by atoms with Crippen LogP contribution in [0.1, 0.15) is 49.8 Å². The van der Waals surface area contributed by atoms with Gasteiger partial charge < -0.3 is 10.2 Å². The molecule has 4 atom stereocenters. The molecule has 0 aromatic heterocycles. The number of carbonyl (C=O) groups is 2. The Morgan fingerprint density at radius 3 is 1.97 bits per heavy atom. The van der Waals surface area contributed by atoms with Gasteiger partial charge in [0.1, 0.15) is 0 Å². The van der Waals surface area contributed by atoms with E-state index in [1.807, 2.05) is 12.1 Å². The number of hydrogen-bond donors (Lipinski definition) is 1. The summed E-state index contributed by atoms with van der Waals surface area (Å²) < 4.78 is 0. The largest absolute Gasteiger partial charge is 0.345 e. The van der Waals surface area contributed by atoms with E-state index in [-0.39, 0.29) is 18.0 Å². The highest BCUT2D eigenvalue weighted by Crippen LogP contribution is 2.49. The van der Waals surface area contributed by atoms with Crippen LogP contribution in [0.2, 0.25) is 0 Å². The first-order chi connectivity index (χ1) is 16.1. The van der Waals surface area contributed by atoms with E-state index in [1.54, 1.807) is 4.90 Å². The molecule has 174 valence electrons. The second kappa shape index (κ2) is 9.68. The van der Waals surface area contributed by atoms with Gasteiger partial charge in [-0.15, -0.1) is 0 Å². The molecule has 1 saturated heterocycles. The van der Waals surface area contributed by atoms with Gasteiger partial charge in [0.2, 0.25) is 0 Å². The van der Waals surface area contributed by atoms with Crippen molar-refractivity contribution in [2.45, 2.75) is 44.7 Å². The van der Waals surface area contributed by atoms with Gasteiger partial charge in [0.25, 0.3) is 0 Å². The molecule has 5 rings (SSSR count). The Labute approximate surface area is 197 Å². The molecule has 2 amide bonds. The van der Waals surface area contributed by atoms with Crippen molar-refractivity contribution in [1.82, 2.24) is 15.1 Å². The third kappa shape index (κ3) is 4.70. The first kappa shape index (κ1) is 22.1. The number of nitrogens with one attached hydrogen (secondary N) is 1. The number of piperazine rings is 1. The molecule has 0 radical (unpaired) electrons. The lowest BCUT2D eigenvalue weighted by molar-refractivity contribution is -0.147. The Kier molecular flexibility index (Phi) is 6.50. The maximum atomic E-state index is 12.9. The summed E-state index contributed by atoms with van der Waals surface area (Å²) in [5, 5.41) is 3.05. The van der Waals surface area contributed by atoms with Crippen molar-refractivity contribution >= 4 is 11.8 Å². The lowest BCUT2D eigenvalue weighted by Gasteiger charge is -2.39. The zero-order chi connectivity index (χ0) is 22.8. The first-order valence-corrected chi connectivity index (χ1v) is 12.5. The zero-order valence-electron chi connectivity index (χ0n) is 19.5. The summed E-state index contributed by atoms with van der Waals surface area (Å²) in [5.41, 5.74) is 2.50. The fourth-order valence-corrected chi connectivity index (χ4v) is 6.49. The van der Waals surface area contributed by atoms with Crippen molar-refractivity contribution < 1.29 is 9.59 Å². The average molecular weight is 446 g/mol. The highest BCUT2D eigenvalue weighted by Gasteiger charge is 2.42. The highest BCUT2D eigenvalue weighted by molar-refractivity contribution is 6.35. The van der Waals surface area contributed by atoms with Crippen molar-refractivity contribution in [2.75, 3.05) is 26.2 Å². The molecule has 2 saturated carbocycles. The molecule has 3 aliphatic rings. The number of rotatable bonds is 5. The molecule has 2 bridgehead atoms. The van der Waals surface area contributed by atoms with E-state index in [4.69, 9.17) is 0 Å². The summed E-state index contributed by atoms with van der Waals surface area (Å²) in [7, 11) is 0. The van der Waals surface area contributed by atoms with Gasteiger partial charge in [0.05, 0.1) is 6.04 Å². The van der Waals surface area contributed by atoms with E-state index in [2.05, 4.69) is 65.7 Å². The second-order valence-electron chi connectivity index (χ2n) is 10.2.